The number of rotatable bonds is 5. The highest BCUT2D eigenvalue weighted by Crippen LogP contribution is 2.30. The molecule has 122 valence electrons. The van der Waals surface area contributed by atoms with Crippen molar-refractivity contribution in [2.75, 3.05) is 0 Å². The molecule has 2 aromatic rings. The van der Waals surface area contributed by atoms with Crippen LogP contribution in [-0.4, -0.2) is 5.71 Å². The molecule has 2 rings (SSSR count). The summed E-state index contributed by atoms with van der Waals surface area (Å²) >= 11 is 24.2. The molecule has 0 heterocycles. The fourth-order valence-electron chi connectivity index (χ4n) is 2.35. The van der Waals surface area contributed by atoms with Gasteiger partial charge in [-0.25, -0.2) is 0 Å². The highest BCUT2D eigenvalue weighted by atomic mass is 35.5. The Morgan fingerprint density at radius 1 is 0.870 bits per heavy atom. The summed E-state index contributed by atoms with van der Waals surface area (Å²) in [4.78, 5) is 4.91. The van der Waals surface area contributed by atoms with Gasteiger partial charge in [-0.1, -0.05) is 72.4 Å². The molecule has 0 fully saturated rings. The van der Waals surface area contributed by atoms with Crippen LogP contribution in [0.5, 0.6) is 0 Å². The predicted octanol–water partition coefficient (Wildman–Crippen LogP) is 7.65. The first-order valence-corrected chi connectivity index (χ1v) is 8.94. The summed E-state index contributed by atoms with van der Waals surface area (Å²) in [5.41, 5.74) is 3.02. The third-order valence-electron chi connectivity index (χ3n) is 3.61. The average Bonchev–Trinajstić information content (AvgIpc) is 2.54. The molecule has 0 bridgehead atoms. The molecule has 0 amide bonds. The highest BCUT2D eigenvalue weighted by molar-refractivity contribution is 6.42. The van der Waals surface area contributed by atoms with Gasteiger partial charge in [0.1, 0.15) is 0 Å². The molecule has 5 heteroatoms. The van der Waals surface area contributed by atoms with E-state index in [1.54, 1.807) is 6.07 Å². The molecule has 0 aromatic heterocycles. The maximum Gasteiger partial charge on any atom is 0.0750 e. The molecule has 1 nitrogen and oxygen atoms in total. The number of nitrogens with zero attached hydrogens (tertiary/aromatic N) is 1. The van der Waals surface area contributed by atoms with Crippen molar-refractivity contribution in [1.82, 2.24) is 0 Å². The van der Waals surface area contributed by atoms with Gasteiger partial charge in [-0.15, -0.1) is 0 Å². The van der Waals surface area contributed by atoms with Gasteiger partial charge in [0.15, 0.2) is 0 Å². The van der Waals surface area contributed by atoms with E-state index in [9.17, 15) is 0 Å². The number of benzene rings is 2. The second-order valence-corrected chi connectivity index (χ2v) is 6.78. The summed E-state index contributed by atoms with van der Waals surface area (Å²) in [5, 5.41) is 2.18. The minimum absolute atomic E-state index is 0.0224. The van der Waals surface area contributed by atoms with E-state index in [-0.39, 0.29) is 6.04 Å². The van der Waals surface area contributed by atoms with Crippen molar-refractivity contribution in [2.24, 2.45) is 4.99 Å². The molecular formula is C18H17Cl4N. The van der Waals surface area contributed by atoms with Crippen LogP contribution in [0.2, 0.25) is 20.1 Å². The van der Waals surface area contributed by atoms with E-state index in [1.807, 2.05) is 30.3 Å². The maximum atomic E-state index is 6.13. The van der Waals surface area contributed by atoms with Crippen LogP contribution in [0.3, 0.4) is 0 Å². The second kappa shape index (κ2) is 8.39. The molecule has 1 atom stereocenters. The molecule has 0 saturated heterocycles. The van der Waals surface area contributed by atoms with Gasteiger partial charge < -0.3 is 0 Å². The SMILES string of the molecule is CCC(=NC(CC)c1ccc(Cl)c(Cl)c1)c1ccc(Cl)c(Cl)c1. The summed E-state index contributed by atoms with van der Waals surface area (Å²) in [6, 6.07) is 11.3. The monoisotopic (exact) mass is 387 g/mol. The van der Waals surface area contributed by atoms with Crippen LogP contribution in [-0.2, 0) is 0 Å². The molecule has 0 spiro atoms. The predicted molar refractivity (Wildman–Crippen MR) is 103 cm³/mol. The van der Waals surface area contributed by atoms with Crippen molar-refractivity contribution < 1.29 is 0 Å². The lowest BCUT2D eigenvalue weighted by Crippen LogP contribution is -2.04. The Labute approximate surface area is 157 Å². The second-order valence-electron chi connectivity index (χ2n) is 5.16. The molecule has 0 radical (unpaired) electrons. The van der Waals surface area contributed by atoms with Gasteiger partial charge in [-0.2, -0.15) is 0 Å². The van der Waals surface area contributed by atoms with Crippen LogP contribution in [0.4, 0.5) is 0 Å². The quantitative estimate of drug-likeness (QED) is 0.466. The molecule has 1 unspecified atom stereocenters. The highest BCUT2D eigenvalue weighted by Gasteiger charge is 2.12. The van der Waals surface area contributed by atoms with Crippen molar-refractivity contribution in [3.63, 3.8) is 0 Å². The summed E-state index contributed by atoms with van der Waals surface area (Å²) in [5.74, 6) is 0. The Balaban J connectivity index is 2.40. The normalized spacial score (nSPS) is 13.2. The molecule has 23 heavy (non-hydrogen) atoms. The molecule has 0 saturated carbocycles. The minimum Gasteiger partial charge on any atom is -0.281 e. The van der Waals surface area contributed by atoms with Crippen LogP contribution in [0.1, 0.15) is 43.9 Å². The molecule has 0 aliphatic rings. The zero-order valence-electron chi connectivity index (χ0n) is 12.9. The lowest BCUT2D eigenvalue weighted by Gasteiger charge is -2.15. The standard InChI is InChI=1S/C18H17Cl4N/c1-3-17(11-5-7-13(19)15(21)9-11)23-18(4-2)12-6-8-14(20)16(22)10-12/h5-10,17H,3-4H2,1-2H3. The summed E-state index contributed by atoms with van der Waals surface area (Å²) in [6.07, 6.45) is 1.67. The Hall–Kier alpha value is -0.730. The Kier molecular flexibility index (Phi) is 6.79. The van der Waals surface area contributed by atoms with Gasteiger partial charge in [0, 0.05) is 5.71 Å². The number of hydrogen-bond donors (Lipinski definition) is 0. The van der Waals surface area contributed by atoms with Crippen molar-refractivity contribution >= 4 is 52.1 Å². The van der Waals surface area contributed by atoms with Gasteiger partial charge >= 0.3 is 0 Å². The average molecular weight is 389 g/mol. The van der Waals surface area contributed by atoms with E-state index >= 15 is 0 Å². The van der Waals surface area contributed by atoms with Crippen LogP contribution in [0.15, 0.2) is 41.4 Å². The van der Waals surface area contributed by atoms with Gasteiger partial charge in [0.05, 0.1) is 26.1 Å². The molecular weight excluding hydrogens is 372 g/mol. The first-order valence-electron chi connectivity index (χ1n) is 7.43. The van der Waals surface area contributed by atoms with Crippen LogP contribution in [0, 0.1) is 0 Å². The van der Waals surface area contributed by atoms with Crippen molar-refractivity contribution in [3.05, 3.63) is 67.6 Å². The van der Waals surface area contributed by atoms with E-state index in [2.05, 4.69) is 13.8 Å². The molecule has 2 aromatic carbocycles. The van der Waals surface area contributed by atoms with Crippen molar-refractivity contribution in [2.45, 2.75) is 32.7 Å². The molecule has 0 N–H and O–H groups in total. The van der Waals surface area contributed by atoms with Gasteiger partial charge in [-0.3, -0.25) is 4.99 Å². The van der Waals surface area contributed by atoms with E-state index in [4.69, 9.17) is 51.4 Å². The summed E-state index contributed by atoms with van der Waals surface area (Å²) in [7, 11) is 0. The van der Waals surface area contributed by atoms with E-state index in [0.717, 1.165) is 29.7 Å². The Morgan fingerprint density at radius 3 is 2.00 bits per heavy atom. The lowest BCUT2D eigenvalue weighted by molar-refractivity contribution is 0.699. The van der Waals surface area contributed by atoms with E-state index in [0.29, 0.717) is 20.1 Å². The van der Waals surface area contributed by atoms with Crippen molar-refractivity contribution in [1.29, 1.82) is 0 Å². The summed E-state index contributed by atoms with van der Waals surface area (Å²) in [6.45, 7) is 4.17. The number of halogens is 4. The molecule has 0 aliphatic carbocycles. The van der Waals surface area contributed by atoms with Crippen molar-refractivity contribution in [3.8, 4) is 0 Å². The van der Waals surface area contributed by atoms with Crippen LogP contribution in [0.25, 0.3) is 0 Å². The zero-order chi connectivity index (χ0) is 17.0. The zero-order valence-corrected chi connectivity index (χ0v) is 15.9. The first kappa shape index (κ1) is 18.6. The Bertz CT molecular complexity index is 725. The molecule has 0 aliphatic heterocycles. The fraction of sp³-hybridized carbons (Fsp3) is 0.278. The third-order valence-corrected chi connectivity index (χ3v) is 5.09. The van der Waals surface area contributed by atoms with Gasteiger partial charge in [-0.05, 0) is 48.2 Å². The summed E-state index contributed by atoms with van der Waals surface area (Å²) < 4.78 is 0. The lowest BCUT2D eigenvalue weighted by atomic mass is 10.0. The Morgan fingerprint density at radius 2 is 1.48 bits per heavy atom. The first-order chi connectivity index (χ1) is 11.0. The fourth-order valence-corrected chi connectivity index (χ4v) is 2.96. The number of hydrogen-bond acceptors (Lipinski definition) is 1. The van der Waals surface area contributed by atoms with Crippen LogP contribution >= 0.6 is 46.4 Å². The third kappa shape index (κ3) is 4.64. The number of aliphatic imine (C=N–C) groups is 1. The van der Waals surface area contributed by atoms with E-state index in [1.165, 1.54) is 0 Å². The van der Waals surface area contributed by atoms with Gasteiger partial charge in [0.2, 0.25) is 0 Å². The largest absolute Gasteiger partial charge is 0.281 e. The van der Waals surface area contributed by atoms with Crippen LogP contribution < -0.4 is 0 Å². The maximum absolute atomic E-state index is 6.13. The van der Waals surface area contributed by atoms with Gasteiger partial charge in [0.25, 0.3) is 0 Å². The smallest absolute Gasteiger partial charge is 0.0750 e. The minimum atomic E-state index is 0.0224. The van der Waals surface area contributed by atoms with E-state index < -0.39 is 0 Å². The topological polar surface area (TPSA) is 12.4 Å².